The van der Waals surface area contributed by atoms with Crippen LogP contribution in [0.4, 0.5) is 0 Å². The Morgan fingerprint density at radius 2 is 1.95 bits per heavy atom. The number of benzene rings is 1. The van der Waals surface area contributed by atoms with Crippen LogP contribution < -0.4 is 10.1 Å². The lowest BCUT2D eigenvalue weighted by atomic mass is 10.1. The topological polar surface area (TPSA) is 64.6 Å². The summed E-state index contributed by atoms with van der Waals surface area (Å²) in [5, 5.41) is 2.58. The van der Waals surface area contributed by atoms with E-state index in [2.05, 4.69) is 10.1 Å². The van der Waals surface area contributed by atoms with Gasteiger partial charge in [-0.15, -0.1) is 0 Å². The molecule has 19 heavy (non-hydrogen) atoms. The average Bonchev–Trinajstić information content (AvgIpc) is 2.40. The van der Waals surface area contributed by atoms with Gasteiger partial charge in [0.25, 0.3) is 5.91 Å². The van der Waals surface area contributed by atoms with E-state index in [1.807, 2.05) is 32.0 Å². The fraction of sp³-hybridized carbons (Fsp3) is 0.429. The minimum absolute atomic E-state index is 0.0658. The molecule has 0 spiro atoms. The zero-order valence-electron chi connectivity index (χ0n) is 11.5. The van der Waals surface area contributed by atoms with Gasteiger partial charge in [0.05, 0.1) is 13.5 Å². The number of methoxy groups -OCH3 is 1. The first-order chi connectivity index (χ1) is 9.02. The number of aryl methyl sites for hydroxylation is 2. The molecule has 0 atom stereocenters. The van der Waals surface area contributed by atoms with Gasteiger partial charge in [-0.2, -0.15) is 0 Å². The molecule has 0 aliphatic rings. The first-order valence-electron chi connectivity index (χ1n) is 6.06. The van der Waals surface area contributed by atoms with Crippen LogP contribution in [0, 0.1) is 13.8 Å². The van der Waals surface area contributed by atoms with Gasteiger partial charge in [0, 0.05) is 6.54 Å². The maximum Gasteiger partial charge on any atom is 0.307 e. The first kappa shape index (κ1) is 15.0. The summed E-state index contributed by atoms with van der Waals surface area (Å²) >= 11 is 0. The van der Waals surface area contributed by atoms with Crippen molar-refractivity contribution in [3.8, 4) is 5.75 Å². The standard InChI is InChI=1S/C14H19NO4/c1-10-4-5-12(8-11(10)2)19-9-13(16)15-7-6-14(17)18-3/h4-5,8H,6-7,9H2,1-3H3,(H,15,16). The van der Waals surface area contributed by atoms with E-state index >= 15 is 0 Å². The van der Waals surface area contributed by atoms with E-state index in [0.29, 0.717) is 5.75 Å². The summed E-state index contributed by atoms with van der Waals surface area (Å²) in [6.07, 6.45) is 0.159. The highest BCUT2D eigenvalue weighted by atomic mass is 16.5. The molecule has 1 N–H and O–H groups in total. The third-order valence-electron chi connectivity index (χ3n) is 2.73. The number of nitrogens with one attached hydrogen (secondary N) is 1. The van der Waals surface area contributed by atoms with Crippen LogP contribution in [0.3, 0.4) is 0 Å². The first-order valence-corrected chi connectivity index (χ1v) is 6.06. The Morgan fingerprint density at radius 1 is 1.21 bits per heavy atom. The summed E-state index contributed by atoms with van der Waals surface area (Å²) in [4.78, 5) is 22.3. The molecule has 1 aromatic carbocycles. The molecule has 5 heteroatoms. The van der Waals surface area contributed by atoms with Gasteiger partial charge in [-0.1, -0.05) is 6.07 Å². The molecule has 0 aliphatic heterocycles. The van der Waals surface area contributed by atoms with Gasteiger partial charge in [0.1, 0.15) is 5.75 Å². The Labute approximate surface area is 112 Å². The summed E-state index contributed by atoms with van der Waals surface area (Å²) < 4.78 is 9.82. The lowest BCUT2D eigenvalue weighted by Crippen LogP contribution is -2.30. The molecule has 0 radical (unpaired) electrons. The largest absolute Gasteiger partial charge is 0.484 e. The normalized spacial score (nSPS) is 9.84. The summed E-state index contributed by atoms with van der Waals surface area (Å²) in [5.74, 6) is 0.0451. The van der Waals surface area contributed by atoms with Gasteiger partial charge in [0.15, 0.2) is 6.61 Å². The van der Waals surface area contributed by atoms with Crippen molar-refractivity contribution >= 4 is 11.9 Å². The van der Waals surface area contributed by atoms with Crippen molar-refractivity contribution in [3.63, 3.8) is 0 Å². The van der Waals surface area contributed by atoms with E-state index in [9.17, 15) is 9.59 Å². The van der Waals surface area contributed by atoms with Crippen molar-refractivity contribution in [2.45, 2.75) is 20.3 Å². The highest BCUT2D eigenvalue weighted by molar-refractivity contribution is 5.78. The molecule has 0 unspecified atom stereocenters. The predicted molar refractivity (Wildman–Crippen MR) is 71.1 cm³/mol. The second-order valence-corrected chi connectivity index (χ2v) is 4.21. The number of hydrogen-bond donors (Lipinski definition) is 1. The van der Waals surface area contributed by atoms with E-state index < -0.39 is 0 Å². The minimum Gasteiger partial charge on any atom is -0.484 e. The van der Waals surface area contributed by atoms with Crippen molar-refractivity contribution in [3.05, 3.63) is 29.3 Å². The lowest BCUT2D eigenvalue weighted by Gasteiger charge is -2.08. The van der Waals surface area contributed by atoms with Crippen LogP contribution in [0.25, 0.3) is 0 Å². The zero-order chi connectivity index (χ0) is 14.3. The number of rotatable bonds is 6. The monoisotopic (exact) mass is 265 g/mol. The highest BCUT2D eigenvalue weighted by Crippen LogP contribution is 2.16. The van der Waals surface area contributed by atoms with Crippen molar-refractivity contribution < 1.29 is 19.1 Å². The Hall–Kier alpha value is -2.04. The molecule has 0 fully saturated rings. The second-order valence-electron chi connectivity index (χ2n) is 4.21. The number of esters is 1. The van der Waals surface area contributed by atoms with E-state index in [1.165, 1.54) is 12.7 Å². The van der Waals surface area contributed by atoms with Gasteiger partial charge < -0.3 is 14.8 Å². The minimum atomic E-state index is -0.352. The van der Waals surface area contributed by atoms with Crippen LogP contribution >= 0.6 is 0 Å². The van der Waals surface area contributed by atoms with Gasteiger partial charge >= 0.3 is 5.97 Å². The third kappa shape index (κ3) is 5.42. The summed E-state index contributed by atoms with van der Waals surface area (Å²) in [5.41, 5.74) is 2.29. The number of carbonyl (C=O) groups is 2. The summed E-state index contributed by atoms with van der Waals surface area (Å²) in [6.45, 7) is 4.18. The number of ether oxygens (including phenoxy) is 2. The Kier molecular flexibility index (Phi) is 5.85. The number of carbonyl (C=O) groups excluding carboxylic acids is 2. The molecule has 1 amide bonds. The van der Waals surface area contributed by atoms with Crippen LogP contribution in [0.1, 0.15) is 17.5 Å². The molecule has 0 bridgehead atoms. The van der Waals surface area contributed by atoms with Gasteiger partial charge in [-0.3, -0.25) is 9.59 Å². The molecule has 1 aromatic rings. The maximum atomic E-state index is 11.4. The van der Waals surface area contributed by atoms with Crippen molar-refractivity contribution in [2.24, 2.45) is 0 Å². The molecule has 0 aliphatic carbocycles. The maximum absolute atomic E-state index is 11.4. The van der Waals surface area contributed by atoms with Crippen molar-refractivity contribution in [2.75, 3.05) is 20.3 Å². The molecular formula is C14H19NO4. The van der Waals surface area contributed by atoms with E-state index in [4.69, 9.17) is 4.74 Å². The van der Waals surface area contributed by atoms with Gasteiger partial charge in [-0.05, 0) is 37.1 Å². The molecule has 0 saturated carbocycles. The lowest BCUT2D eigenvalue weighted by molar-refractivity contribution is -0.140. The Morgan fingerprint density at radius 3 is 2.58 bits per heavy atom. The van der Waals surface area contributed by atoms with Crippen LogP contribution in [0.15, 0.2) is 18.2 Å². The predicted octanol–water partition coefficient (Wildman–Crippen LogP) is 1.36. The quantitative estimate of drug-likeness (QED) is 0.789. The molecule has 1 rings (SSSR count). The van der Waals surface area contributed by atoms with Crippen LogP contribution in [0.2, 0.25) is 0 Å². The second kappa shape index (κ2) is 7.41. The molecular weight excluding hydrogens is 246 g/mol. The SMILES string of the molecule is COC(=O)CCNC(=O)COc1ccc(C)c(C)c1. The smallest absolute Gasteiger partial charge is 0.307 e. The van der Waals surface area contributed by atoms with Crippen LogP contribution in [-0.2, 0) is 14.3 Å². The summed E-state index contributed by atoms with van der Waals surface area (Å²) in [6, 6.07) is 5.65. The molecule has 0 saturated heterocycles. The zero-order valence-corrected chi connectivity index (χ0v) is 11.5. The molecule has 0 heterocycles. The van der Waals surface area contributed by atoms with Crippen molar-refractivity contribution in [1.29, 1.82) is 0 Å². The average molecular weight is 265 g/mol. The Bertz CT molecular complexity index is 457. The van der Waals surface area contributed by atoms with Gasteiger partial charge in [0.2, 0.25) is 0 Å². The molecule has 104 valence electrons. The molecule has 0 aromatic heterocycles. The molecule has 5 nitrogen and oxygen atoms in total. The fourth-order valence-corrected chi connectivity index (χ4v) is 1.41. The fourth-order valence-electron chi connectivity index (χ4n) is 1.41. The number of hydrogen-bond acceptors (Lipinski definition) is 4. The number of amides is 1. The third-order valence-corrected chi connectivity index (χ3v) is 2.73. The van der Waals surface area contributed by atoms with Crippen LogP contribution in [0.5, 0.6) is 5.75 Å². The summed E-state index contributed by atoms with van der Waals surface area (Å²) in [7, 11) is 1.31. The van der Waals surface area contributed by atoms with E-state index in [1.54, 1.807) is 0 Å². The van der Waals surface area contributed by atoms with E-state index in [-0.39, 0.29) is 31.4 Å². The van der Waals surface area contributed by atoms with Crippen molar-refractivity contribution in [1.82, 2.24) is 5.32 Å². The van der Waals surface area contributed by atoms with Crippen LogP contribution in [-0.4, -0.2) is 32.1 Å². The van der Waals surface area contributed by atoms with E-state index in [0.717, 1.165) is 5.56 Å². The Balaban J connectivity index is 2.30. The highest BCUT2D eigenvalue weighted by Gasteiger charge is 2.05. The van der Waals surface area contributed by atoms with Gasteiger partial charge in [-0.25, -0.2) is 0 Å².